The van der Waals surface area contributed by atoms with Crippen LogP contribution in [0, 0.1) is 23.2 Å². The zero-order valence-electron chi connectivity index (χ0n) is 10.1. The second kappa shape index (κ2) is 3.77. The van der Waals surface area contributed by atoms with Gasteiger partial charge in [-0.15, -0.1) is 0 Å². The summed E-state index contributed by atoms with van der Waals surface area (Å²) in [5, 5.41) is 0. The van der Waals surface area contributed by atoms with Gasteiger partial charge in [-0.25, -0.2) is 0 Å². The average Bonchev–Trinajstić information content (AvgIpc) is 2.17. The van der Waals surface area contributed by atoms with Gasteiger partial charge in [0.05, 0.1) is 0 Å². The first-order valence-electron chi connectivity index (χ1n) is 6.21. The average molecular weight is 206 g/mol. The molecule has 0 amide bonds. The van der Waals surface area contributed by atoms with Gasteiger partial charge in [0, 0.05) is 5.92 Å². The molecule has 0 aromatic rings. The summed E-state index contributed by atoms with van der Waals surface area (Å²) in [6.45, 7) is 6.82. The predicted octanol–water partition coefficient (Wildman–Crippen LogP) is 3.59. The standard InChI is InChI=1S/C14H22O/c1-10-5-4-8-14(3)12(10)7-6-11(2)13(14)9-15/h6,9-10,12-13H,4-5,7-8H2,1-3H3/t10-,12?,13-,14-/m0/s1. The fourth-order valence-corrected chi connectivity index (χ4v) is 3.95. The quantitative estimate of drug-likeness (QED) is 0.473. The maximum Gasteiger partial charge on any atom is 0.127 e. The van der Waals surface area contributed by atoms with Gasteiger partial charge in [0.1, 0.15) is 6.29 Å². The Kier molecular flexibility index (Phi) is 2.74. The van der Waals surface area contributed by atoms with E-state index in [0.717, 1.165) is 11.8 Å². The Bertz CT molecular complexity index is 292. The van der Waals surface area contributed by atoms with Crippen LogP contribution in [0.4, 0.5) is 0 Å². The second-order valence-electron chi connectivity index (χ2n) is 5.78. The highest BCUT2D eigenvalue weighted by Crippen LogP contribution is 2.54. The van der Waals surface area contributed by atoms with E-state index in [1.807, 2.05) is 0 Å². The third-order valence-corrected chi connectivity index (χ3v) is 4.94. The molecule has 2 aliphatic rings. The summed E-state index contributed by atoms with van der Waals surface area (Å²) in [6.07, 6.45) is 8.55. The molecule has 2 aliphatic carbocycles. The molecule has 0 heterocycles. The summed E-state index contributed by atoms with van der Waals surface area (Å²) in [5.74, 6) is 1.69. The van der Waals surface area contributed by atoms with Crippen molar-refractivity contribution in [1.82, 2.24) is 0 Å². The minimum atomic E-state index is 0.180. The highest BCUT2D eigenvalue weighted by Gasteiger charge is 2.47. The van der Waals surface area contributed by atoms with Gasteiger partial charge in [-0.1, -0.05) is 38.3 Å². The molecule has 1 unspecified atom stereocenters. The van der Waals surface area contributed by atoms with Crippen molar-refractivity contribution in [2.24, 2.45) is 23.2 Å². The summed E-state index contributed by atoms with van der Waals surface area (Å²) in [6, 6.07) is 0. The molecule has 0 aliphatic heterocycles. The number of fused-ring (bicyclic) bond motifs is 1. The van der Waals surface area contributed by atoms with E-state index >= 15 is 0 Å². The van der Waals surface area contributed by atoms with E-state index in [1.165, 1.54) is 37.5 Å². The van der Waals surface area contributed by atoms with Crippen LogP contribution in [0.1, 0.15) is 46.5 Å². The molecule has 4 atom stereocenters. The van der Waals surface area contributed by atoms with Gasteiger partial charge in [-0.2, -0.15) is 0 Å². The molecule has 15 heavy (non-hydrogen) atoms. The Morgan fingerprint density at radius 1 is 1.53 bits per heavy atom. The number of carbonyl (C=O) groups excluding carboxylic acids is 1. The van der Waals surface area contributed by atoms with Gasteiger partial charge in [-0.05, 0) is 37.0 Å². The number of allylic oxidation sites excluding steroid dienone is 2. The molecule has 1 heteroatoms. The molecule has 0 aromatic heterocycles. The van der Waals surface area contributed by atoms with Crippen LogP contribution in [0.5, 0.6) is 0 Å². The number of aldehydes is 1. The molecular weight excluding hydrogens is 184 g/mol. The molecule has 84 valence electrons. The molecule has 0 N–H and O–H groups in total. The Labute approximate surface area is 92.9 Å². The Morgan fingerprint density at radius 2 is 2.27 bits per heavy atom. The lowest BCUT2D eigenvalue weighted by Crippen LogP contribution is -2.44. The molecule has 0 bridgehead atoms. The van der Waals surface area contributed by atoms with Crippen molar-refractivity contribution in [3.8, 4) is 0 Å². The van der Waals surface area contributed by atoms with Crippen molar-refractivity contribution in [3.63, 3.8) is 0 Å². The fraction of sp³-hybridized carbons (Fsp3) is 0.786. The van der Waals surface area contributed by atoms with E-state index in [9.17, 15) is 4.79 Å². The minimum Gasteiger partial charge on any atom is -0.303 e. The van der Waals surface area contributed by atoms with E-state index in [0.29, 0.717) is 0 Å². The van der Waals surface area contributed by atoms with E-state index in [-0.39, 0.29) is 11.3 Å². The number of carbonyl (C=O) groups is 1. The Hall–Kier alpha value is -0.590. The normalized spacial score (nSPS) is 45.5. The van der Waals surface area contributed by atoms with E-state index in [1.54, 1.807) is 0 Å². The smallest absolute Gasteiger partial charge is 0.127 e. The molecular formula is C14H22O. The second-order valence-corrected chi connectivity index (χ2v) is 5.78. The summed E-state index contributed by atoms with van der Waals surface area (Å²) in [5.41, 5.74) is 1.55. The molecule has 1 saturated carbocycles. The monoisotopic (exact) mass is 206 g/mol. The number of rotatable bonds is 1. The van der Waals surface area contributed by atoms with Gasteiger partial charge in [0.25, 0.3) is 0 Å². The minimum absolute atomic E-state index is 0.180. The molecule has 0 saturated heterocycles. The lowest BCUT2D eigenvalue weighted by atomic mass is 9.53. The highest BCUT2D eigenvalue weighted by atomic mass is 16.1. The third kappa shape index (κ3) is 1.56. The summed E-state index contributed by atoms with van der Waals surface area (Å²) in [4.78, 5) is 11.3. The van der Waals surface area contributed by atoms with Crippen molar-refractivity contribution < 1.29 is 4.79 Å². The lowest BCUT2D eigenvalue weighted by molar-refractivity contribution is -0.117. The predicted molar refractivity (Wildman–Crippen MR) is 62.5 cm³/mol. The van der Waals surface area contributed by atoms with Crippen LogP contribution in [0.25, 0.3) is 0 Å². The number of hydrogen-bond donors (Lipinski definition) is 0. The van der Waals surface area contributed by atoms with Crippen molar-refractivity contribution >= 4 is 6.29 Å². The first kappa shape index (κ1) is 10.9. The molecule has 0 radical (unpaired) electrons. The number of hydrogen-bond acceptors (Lipinski definition) is 1. The zero-order valence-corrected chi connectivity index (χ0v) is 10.1. The summed E-state index contributed by atoms with van der Waals surface area (Å²) in [7, 11) is 0. The van der Waals surface area contributed by atoms with Crippen LogP contribution < -0.4 is 0 Å². The maximum atomic E-state index is 11.3. The van der Waals surface area contributed by atoms with E-state index in [4.69, 9.17) is 0 Å². The van der Waals surface area contributed by atoms with Crippen molar-refractivity contribution in [3.05, 3.63) is 11.6 Å². The fourth-order valence-electron chi connectivity index (χ4n) is 3.95. The van der Waals surface area contributed by atoms with E-state index < -0.39 is 0 Å². The Morgan fingerprint density at radius 3 is 2.93 bits per heavy atom. The lowest BCUT2D eigenvalue weighted by Gasteiger charge is -2.51. The van der Waals surface area contributed by atoms with Crippen LogP contribution >= 0.6 is 0 Å². The third-order valence-electron chi connectivity index (χ3n) is 4.94. The largest absolute Gasteiger partial charge is 0.303 e. The summed E-state index contributed by atoms with van der Waals surface area (Å²) >= 11 is 0. The van der Waals surface area contributed by atoms with Gasteiger partial charge >= 0.3 is 0 Å². The maximum absolute atomic E-state index is 11.3. The van der Waals surface area contributed by atoms with Crippen molar-refractivity contribution in [2.75, 3.05) is 0 Å². The van der Waals surface area contributed by atoms with Gasteiger partial charge < -0.3 is 4.79 Å². The van der Waals surface area contributed by atoms with Gasteiger partial charge in [0.2, 0.25) is 0 Å². The van der Waals surface area contributed by atoms with Crippen molar-refractivity contribution in [2.45, 2.75) is 46.5 Å². The Balaban J connectivity index is 2.36. The van der Waals surface area contributed by atoms with Crippen LogP contribution in [0.3, 0.4) is 0 Å². The van der Waals surface area contributed by atoms with Gasteiger partial charge in [0.15, 0.2) is 0 Å². The summed E-state index contributed by atoms with van der Waals surface area (Å²) < 4.78 is 0. The van der Waals surface area contributed by atoms with Crippen LogP contribution in [0.15, 0.2) is 11.6 Å². The van der Waals surface area contributed by atoms with E-state index in [2.05, 4.69) is 26.8 Å². The topological polar surface area (TPSA) is 17.1 Å². The SMILES string of the molecule is CC1=CCC2[C@@H](C)CCC[C@]2(C)[C@H]1C=O. The van der Waals surface area contributed by atoms with Crippen LogP contribution in [-0.2, 0) is 4.79 Å². The van der Waals surface area contributed by atoms with Crippen LogP contribution in [-0.4, -0.2) is 6.29 Å². The first-order chi connectivity index (χ1) is 7.09. The molecule has 0 aromatic carbocycles. The first-order valence-corrected chi connectivity index (χ1v) is 6.21. The molecule has 1 fully saturated rings. The van der Waals surface area contributed by atoms with Crippen molar-refractivity contribution in [1.29, 1.82) is 0 Å². The van der Waals surface area contributed by atoms with Crippen LogP contribution in [0.2, 0.25) is 0 Å². The van der Waals surface area contributed by atoms with Gasteiger partial charge in [-0.3, -0.25) is 0 Å². The zero-order chi connectivity index (χ0) is 11.1. The molecule has 1 nitrogen and oxygen atoms in total. The molecule has 2 rings (SSSR count). The highest BCUT2D eigenvalue weighted by molar-refractivity contribution is 5.61. The molecule has 0 spiro atoms.